The van der Waals surface area contributed by atoms with Crippen molar-refractivity contribution in [3.8, 4) is 0 Å². The molecular weight excluding hydrogens is 374 g/mol. The van der Waals surface area contributed by atoms with Gasteiger partial charge in [-0.2, -0.15) is 0 Å². The minimum Gasteiger partial charge on any atom is -0.338 e. The highest BCUT2D eigenvalue weighted by Crippen LogP contribution is 2.34. The lowest BCUT2D eigenvalue weighted by Gasteiger charge is -2.14. The molecule has 7 heteroatoms. The highest BCUT2D eigenvalue weighted by molar-refractivity contribution is 9.11. The third-order valence-electron chi connectivity index (χ3n) is 2.64. The van der Waals surface area contributed by atoms with Crippen molar-refractivity contribution < 1.29 is 0 Å². The van der Waals surface area contributed by atoms with Gasteiger partial charge in [-0.3, -0.25) is 0 Å². The van der Waals surface area contributed by atoms with Gasteiger partial charge < -0.3 is 10.7 Å². The maximum Gasteiger partial charge on any atom is 0.148 e. The van der Waals surface area contributed by atoms with Crippen molar-refractivity contribution >= 4 is 49.2 Å². The molecule has 0 unspecified atom stereocenters. The Morgan fingerprint density at radius 1 is 1.16 bits per heavy atom. The second-order valence-electron chi connectivity index (χ2n) is 3.77. The largest absolute Gasteiger partial charge is 0.338 e. The molecular formula is C12H13Br2N5. The van der Waals surface area contributed by atoms with Gasteiger partial charge in [-0.15, -0.1) is 0 Å². The molecule has 0 fully saturated rings. The lowest BCUT2D eigenvalue weighted by atomic mass is 10.2. The van der Waals surface area contributed by atoms with E-state index in [4.69, 9.17) is 5.84 Å². The van der Waals surface area contributed by atoms with E-state index in [1.165, 1.54) is 6.33 Å². The van der Waals surface area contributed by atoms with Crippen LogP contribution in [0.5, 0.6) is 0 Å². The van der Waals surface area contributed by atoms with Gasteiger partial charge in [0.15, 0.2) is 0 Å². The molecule has 2 rings (SSSR count). The van der Waals surface area contributed by atoms with Crippen molar-refractivity contribution in [3.05, 3.63) is 39.0 Å². The highest BCUT2D eigenvalue weighted by atomic mass is 79.9. The van der Waals surface area contributed by atoms with Gasteiger partial charge in [0.25, 0.3) is 0 Å². The third-order valence-corrected chi connectivity index (χ3v) is 3.96. The van der Waals surface area contributed by atoms with Gasteiger partial charge in [0.2, 0.25) is 0 Å². The monoisotopic (exact) mass is 385 g/mol. The summed E-state index contributed by atoms with van der Waals surface area (Å²) in [6.45, 7) is 2.03. The summed E-state index contributed by atoms with van der Waals surface area (Å²) < 4.78 is 1.90. The number of nitrogens with one attached hydrogen (secondary N) is 2. The van der Waals surface area contributed by atoms with Crippen molar-refractivity contribution in [1.29, 1.82) is 0 Å². The number of nitrogens with two attached hydrogens (primary N) is 1. The predicted molar refractivity (Wildman–Crippen MR) is 84.3 cm³/mol. The fourth-order valence-electron chi connectivity index (χ4n) is 1.71. The van der Waals surface area contributed by atoms with E-state index in [0.29, 0.717) is 5.82 Å². The molecule has 0 atom stereocenters. The third kappa shape index (κ3) is 3.05. The molecule has 2 aromatic rings. The van der Waals surface area contributed by atoms with E-state index in [0.717, 1.165) is 32.4 Å². The number of hydrogen-bond acceptors (Lipinski definition) is 5. The molecule has 0 aliphatic carbocycles. The first-order valence-corrected chi connectivity index (χ1v) is 7.27. The van der Waals surface area contributed by atoms with Crippen LogP contribution in [0.3, 0.4) is 0 Å². The highest BCUT2D eigenvalue weighted by Gasteiger charge is 2.12. The van der Waals surface area contributed by atoms with E-state index in [-0.39, 0.29) is 0 Å². The summed E-state index contributed by atoms with van der Waals surface area (Å²) in [5.74, 6) is 6.82. The van der Waals surface area contributed by atoms with Crippen LogP contribution in [-0.4, -0.2) is 9.97 Å². The van der Waals surface area contributed by atoms with E-state index in [1.807, 2.05) is 25.1 Å². The Bertz CT molecular complexity index is 568. The number of nitrogens with zero attached hydrogens (tertiary/aromatic N) is 2. The van der Waals surface area contributed by atoms with Crippen molar-refractivity contribution in [2.75, 3.05) is 10.7 Å². The number of rotatable bonds is 4. The second-order valence-corrected chi connectivity index (χ2v) is 5.48. The van der Waals surface area contributed by atoms with Crippen LogP contribution < -0.4 is 16.6 Å². The van der Waals surface area contributed by atoms with E-state index in [1.54, 1.807) is 0 Å². The molecule has 4 N–H and O–H groups in total. The average molecular weight is 387 g/mol. The number of para-hydroxylation sites is 1. The Morgan fingerprint density at radius 2 is 1.79 bits per heavy atom. The van der Waals surface area contributed by atoms with E-state index in [9.17, 15) is 0 Å². The molecule has 19 heavy (non-hydrogen) atoms. The number of halogens is 2. The molecule has 0 aliphatic heterocycles. The van der Waals surface area contributed by atoms with Gasteiger partial charge >= 0.3 is 0 Å². The molecule has 0 bridgehead atoms. The summed E-state index contributed by atoms with van der Waals surface area (Å²) >= 11 is 7.02. The topological polar surface area (TPSA) is 75.9 Å². The summed E-state index contributed by atoms with van der Waals surface area (Å²) in [7, 11) is 0. The average Bonchev–Trinajstić information content (AvgIpc) is 2.42. The molecule has 0 radical (unpaired) electrons. The molecule has 0 spiro atoms. The van der Waals surface area contributed by atoms with Crippen molar-refractivity contribution in [2.45, 2.75) is 13.3 Å². The zero-order valence-corrected chi connectivity index (χ0v) is 13.4. The second kappa shape index (κ2) is 6.31. The van der Waals surface area contributed by atoms with E-state index < -0.39 is 0 Å². The SMILES string of the molecule is CCc1c(NN)ncnc1Nc1c(Br)cccc1Br. The maximum absolute atomic E-state index is 5.46. The minimum atomic E-state index is 0.628. The molecule has 1 heterocycles. The normalized spacial score (nSPS) is 10.3. The number of benzene rings is 1. The Labute approximate surface area is 128 Å². The van der Waals surface area contributed by atoms with Gasteiger partial charge in [-0.25, -0.2) is 15.8 Å². The zero-order chi connectivity index (χ0) is 13.8. The van der Waals surface area contributed by atoms with Crippen molar-refractivity contribution in [2.24, 2.45) is 5.84 Å². The van der Waals surface area contributed by atoms with Crippen LogP contribution in [-0.2, 0) is 6.42 Å². The quantitative estimate of drug-likeness (QED) is 0.552. The molecule has 0 amide bonds. The fourth-order valence-corrected chi connectivity index (χ4v) is 2.91. The van der Waals surface area contributed by atoms with Crippen LogP contribution in [0.1, 0.15) is 12.5 Å². The van der Waals surface area contributed by atoms with Crippen molar-refractivity contribution in [3.63, 3.8) is 0 Å². The van der Waals surface area contributed by atoms with Gasteiger partial charge in [0.05, 0.1) is 5.69 Å². The number of hydrazine groups is 1. The smallest absolute Gasteiger partial charge is 0.148 e. The summed E-state index contributed by atoms with van der Waals surface area (Å²) in [6, 6.07) is 5.87. The first-order valence-electron chi connectivity index (χ1n) is 5.68. The minimum absolute atomic E-state index is 0.628. The van der Waals surface area contributed by atoms with E-state index in [2.05, 4.69) is 52.6 Å². The molecule has 0 saturated carbocycles. The number of nitrogen functional groups attached to an aromatic ring is 1. The first kappa shape index (κ1) is 14.2. The number of aromatic nitrogens is 2. The molecule has 1 aromatic carbocycles. The summed E-state index contributed by atoms with van der Waals surface area (Å²) in [4.78, 5) is 8.38. The van der Waals surface area contributed by atoms with E-state index >= 15 is 0 Å². The van der Waals surface area contributed by atoms with Crippen molar-refractivity contribution in [1.82, 2.24) is 9.97 Å². The molecule has 100 valence electrons. The number of hydrogen-bond donors (Lipinski definition) is 3. The van der Waals surface area contributed by atoms with Crippen LogP contribution >= 0.6 is 31.9 Å². The lowest BCUT2D eigenvalue weighted by Crippen LogP contribution is -2.13. The molecule has 1 aromatic heterocycles. The Kier molecular flexibility index (Phi) is 4.73. The summed E-state index contributed by atoms with van der Waals surface area (Å²) in [6.07, 6.45) is 2.24. The van der Waals surface area contributed by atoms with Gasteiger partial charge in [-0.1, -0.05) is 13.0 Å². The Hall–Kier alpha value is -1.18. The Balaban J connectivity index is 2.44. The maximum atomic E-state index is 5.46. The number of anilines is 3. The van der Waals surface area contributed by atoms with Gasteiger partial charge in [0.1, 0.15) is 18.0 Å². The summed E-state index contributed by atoms with van der Waals surface area (Å²) in [5.41, 5.74) is 4.44. The lowest BCUT2D eigenvalue weighted by molar-refractivity contribution is 1.04. The Morgan fingerprint density at radius 3 is 2.37 bits per heavy atom. The molecule has 0 saturated heterocycles. The summed E-state index contributed by atoms with van der Waals surface area (Å²) in [5, 5.41) is 3.29. The first-order chi connectivity index (χ1) is 9.17. The van der Waals surface area contributed by atoms with Crippen LogP contribution in [0.4, 0.5) is 17.3 Å². The van der Waals surface area contributed by atoms with Crippen LogP contribution in [0.2, 0.25) is 0 Å². The van der Waals surface area contributed by atoms with Gasteiger partial charge in [0, 0.05) is 14.5 Å². The van der Waals surface area contributed by atoms with Gasteiger partial charge in [-0.05, 0) is 50.4 Å². The van der Waals surface area contributed by atoms with Crippen LogP contribution in [0.15, 0.2) is 33.5 Å². The zero-order valence-electron chi connectivity index (χ0n) is 10.2. The molecule has 0 aliphatic rings. The molecule has 5 nitrogen and oxygen atoms in total. The predicted octanol–water partition coefficient (Wildman–Crippen LogP) is 3.59. The van der Waals surface area contributed by atoms with Crippen LogP contribution in [0.25, 0.3) is 0 Å². The van der Waals surface area contributed by atoms with Crippen LogP contribution in [0, 0.1) is 0 Å². The standard InChI is InChI=1S/C12H13Br2N5/c1-2-7-11(16-6-17-12(7)19-15)18-10-8(13)4-3-5-9(10)14/h3-6H,2,15H2,1H3,(H2,16,17,18,19). The fraction of sp³-hybridized carbons (Fsp3) is 0.167.